The molecule has 8 heteroatoms. The van der Waals surface area contributed by atoms with Gasteiger partial charge in [0.15, 0.2) is 5.82 Å². The zero-order chi connectivity index (χ0) is 18.8. The minimum atomic E-state index is -0.486. The maximum atomic E-state index is 13.4. The first-order valence-electron chi connectivity index (χ1n) is 7.98. The molecule has 2 heterocycles. The van der Waals surface area contributed by atoms with Crippen LogP contribution in [0.5, 0.6) is 5.75 Å². The highest BCUT2D eigenvalue weighted by Crippen LogP contribution is 2.30. The smallest absolute Gasteiger partial charge is 0.182 e. The van der Waals surface area contributed by atoms with Crippen molar-refractivity contribution in [3.05, 3.63) is 65.8 Å². The summed E-state index contributed by atoms with van der Waals surface area (Å²) in [7, 11) is 1.59. The summed E-state index contributed by atoms with van der Waals surface area (Å²) in [6.45, 7) is 0. The first-order chi connectivity index (χ1) is 13.1. The van der Waals surface area contributed by atoms with E-state index in [1.54, 1.807) is 37.8 Å². The van der Waals surface area contributed by atoms with Gasteiger partial charge < -0.3 is 10.1 Å². The van der Waals surface area contributed by atoms with Gasteiger partial charge in [-0.2, -0.15) is 0 Å². The van der Waals surface area contributed by atoms with Crippen molar-refractivity contribution in [3.63, 3.8) is 0 Å². The van der Waals surface area contributed by atoms with Gasteiger partial charge in [-0.1, -0.05) is 11.6 Å². The number of hydrogen-bond acceptors (Lipinski definition) is 6. The third-order valence-electron chi connectivity index (χ3n) is 3.88. The van der Waals surface area contributed by atoms with Crippen LogP contribution in [-0.2, 0) is 0 Å². The largest absolute Gasteiger partial charge is 0.497 e. The van der Waals surface area contributed by atoms with Crippen molar-refractivity contribution in [1.29, 1.82) is 0 Å². The molecule has 0 aliphatic heterocycles. The number of benzene rings is 2. The summed E-state index contributed by atoms with van der Waals surface area (Å²) in [5, 5.41) is 3.96. The molecule has 0 unspecified atom stereocenters. The van der Waals surface area contributed by atoms with Crippen molar-refractivity contribution in [3.8, 4) is 17.3 Å². The minimum Gasteiger partial charge on any atom is -0.497 e. The highest BCUT2D eigenvalue weighted by molar-refractivity contribution is 6.31. The summed E-state index contributed by atoms with van der Waals surface area (Å²) in [6, 6.07) is 9.84. The first-order valence-corrected chi connectivity index (χ1v) is 8.36. The predicted molar refractivity (Wildman–Crippen MR) is 102 cm³/mol. The monoisotopic (exact) mass is 381 g/mol. The molecule has 0 aliphatic carbocycles. The van der Waals surface area contributed by atoms with E-state index in [9.17, 15) is 4.39 Å². The van der Waals surface area contributed by atoms with Gasteiger partial charge in [-0.15, -0.1) is 0 Å². The fourth-order valence-electron chi connectivity index (χ4n) is 2.57. The van der Waals surface area contributed by atoms with Crippen LogP contribution in [0.25, 0.3) is 22.4 Å². The zero-order valence-corrected chi connectivity index (χ0v) is 14.9. The molecule has 0 saturated carbocycles. The Labute approximate surface area is 159 Å². The second kappa shape index (κ2) is 7.13. The minimum absolute atomic E-state index is 0.0224. The third-order valence-corrected chi connectivity index (χ3v) is 4.17. The van der Waals surface area contributed by atoms with Crippen LogP contribution in [0.15, 0.2) is 55.0 Å². The van der Waals surface area contributed by atoms with Crippen LogP contribution < -0.4 is 10.1 Å². The Kier molecular flexibility index (Phi) is 4.52. The highest BCUT2D eigenvalue weighted by atomic mass is 35.5. The van der Waals surface area contributed by atoms with Gasteiger partial charge in [0, 0.05) is 29.5 Å². The molecule has 0 atom stereocenters. The fourth-order valence-corrected chi connectivity index (χ4v) is 2.75. The lowest BCUT2D eigenvalue weighted by atomic mass is 10.2. The number of nitrogens with zero attached hydrogens (tertiary/aromatic N) is 4. The first kappa shape index (κ1) is 17.1. The number of methoxy groups -OCH3 is 1. The SMILES string of the molecule is COc1ccc2c(Nc3ccc(F)c(Cl)c3)nc(-c3cnccn3)nc2c1. The van der Waals surface area contributed by atoms with Crippen molar-refractivity contribution >= 4 is 34.0 Å². The number of nitrogens with one attached hydrogen (secondary N) is 1. The highest BCUT2D eigenvalue weighted by Gasteiger charge is 2.12. The molecule has 6 nitrogen and oxygen atoms in total. The average Bonchev–Trinajstić information content (AvgIpc) is 2.70. The van der Waals surface area contributed by atoms with Gasteiger partial charge in [0.1, 0.15) is 23.1 Å². The van der Waals surface area contributed by atoms with Crippen LogP contribution in [-0.4, -0.2) is 27.0 Å². The van der Waals surface area contributed by atoms with Crippen molar-refractivity contribution in [1.82, 2.24) is 19.9 Å². The Bertz CT molecular complexity index is 1120. The van der Waals surface area contributed by atoms with Crippen LogP contribution in [0.3, 0.4) is 0 Å². The van der Waals surface area contributed by atoms with Gasteiger partial charge in [0.2, 0.25) is 0 Å². The molecule has 0 bridgehead atoms. The van der Waals surface area contributed by atoms with Crippen LogP contribution in [0, 0.1) is 5.82 Å². The molecule has 134 valence electrons. The lowest BCUT2D eigenvalue weighted by molar-refractivity contribution is 0.415. The molecule has 2 aromatic carbocycles. The lowest BCUT2D eigenvalue weighted by Crippen LogP contribution is -2.01. The quantitative estimate of drug-likeness (QED) is 0.555. The van der Waals surface area contributed by atoms with E-state index in [0.717, 1.165) is 5.39 Å². The van der Waals surface area contributed by atoms with E-state index in [4.69, 9.17) is 16.3 Å². The molecule has 4 aromatic rings. The summed E-state index contributed by atoms with van der Waals surface area (Å²) in [4.78, 5) is 17.5. The average molecular weight is 382 g/mol. The second-order valence-corrected chi connectivity index (χ2v) is 6.03. The summed E-state index contributed by atoms with van der Waals surface area (Å²) >= 11 is 5.88. The van der Waals surface area contributed by atoms with Gasteiger partial charge in [0.25, 0.3) is 0 Å². The van der Waals surface area contributed by atoms with E-state index < -0.39 is 5.82 Å². The standard InChI is InChI=1S/C19H13ClFN5O/c1-27-12-3-4-13-16(9-12)25-19(17-10-22-6-7-23-17)26-18(13)24-11-2-5-15(21)14(20)8-11/h2-10H,1H3,(H,24,25,26). The van der Waals surface area contributed by atoms with Crippen molar-refractivity contribution in [2.24, 2.45) is 0 Å². The number of aromatic nitrogens is 4. The zero-order valence-electron chi connectivity index (χ0n) is 14.1. The summed E-state index contributed by atoms with van der Waals surface area (Å²) in [5.74, 6) is 1.12. The molecule has 0 fully saturated rings. The van der Waals surface area contributed by atoms with E-state index >= 15 is 0 Å². The number of ether oxygens (including phenoxy) is 1. The summed E-state index contributed by atoms with van der Waals surface area (Å²) in [6.07, 6.45) is 4.73. The molecule has 4 rings (SSSR count). The predicted octanol–water partition coefficient (Wildman–Crippen LogP) is 4.63. The third kappa shape index (κ3) is 3.50. The Morgan fingerprint density at radius 2 is 1.96 bits per heavy atom. The molecule has 0 radical (unpaired) electrons. The molecular formula is C19H13ClFN5O. The van der Waals surface area contributed by atoms with E-state index in [0.29, 0.717) is 34.3 Å². The van der Waals surface area contributed by atoms with Crippen LogP contribution in [0.4, 0.5) is 15.9 Å². The van der Waals surface area contributed by atoms with Crippen molar-refractivity contribution in [2.45, 2.75) is 0 Å². The number of fused-ring (bicyclic) bond motifs is 1. The molecule has 0 aliphatic rings. The Morgan fingerprint density at radius 3 is 2.70 bits per heavy atom. The van der Waals surface area contributed by atoms with Crippen LogP contribution in [0.1, 0.15) is 0 Å². The van der Waals surface area contributed by atoms with Crippen LogP contribution in [0.2, 0.25) is 5.02 Å². The van der Waals surface area contributed by atoms with Crippen LogP contribution >= 0.6 is 11.6 Å². The Morgan fingerprint density at radius 1 is 1.07 bits per heavy atom. The van der Waals surface area contributed by atoms with Crippen molar-refractivity contribution in [2.75, 3.05) is 12.4 Å². The van der Waals surface area contributed by atoms with Gasteiger partial charge in [-0.05, 0) is 30.3 Å². The van der Waals surface area contributed by atoms with E-state index in [1.165, 1.54) is 12.1 Å². The number of rotatable bonds is 4. The Balaban J connectivity index is 1.87. The molecule has 1 N–H and O–H groups in total. The van der Waals surface area contributed by atoms with E-state index in [1.807, 2.05) is 12.1 Å². The maximum Gasteiger partial charge on any atom is 0.182 e. The fraction of sp³-hybridized carbons (Fsp3) is 0.0526. The molecule has 0 amide bonds. The van der Waals surface area contributed by atoms with E-state index in [2.05, 4.69) is 25.3 Å². The van der Waals surface area contributed by atoms with Crippen molar-refractivity contribution < 1.29 is 9.13 Å². The molecule has 27 heavy (non-hydrogen) atoms. The normalized spacial score (nSPS) is 10.8. The van der Waals surface area contributed by atoms with Gasteiger partial charge in [-0.25, -0.2) is 19.3 Å². The van der Waals surface area contributed by atoms with Gasteiger partial charge in [0.05, 0.1) is 23.8 Å². The number of anilines is 2. The van der Waals surface area contributed by atoms with E-state index in [-0.39, 0.29) is 5.02 Å². The topological polar surface area (TPSA) is 72.8 Å². The molecule has 0 spiro atoms. The maximum absolute atomic E-state index is 13.4. The second-order valence-electron chi connectivity index (χ2n) is 5.62. The molecular weight excluding hydrogens is 369 g/mol. The Hall–Kier alpha value is -3.32. The molecule has 0 saturated heterocycles. The summed E-state index contributed by atoms with van der Waals surface area (Å²) in [5.41, 5.74) is 1.80. The number of halogens is 2. The van der Waals surface area contributed by atoms with Gasteiger partial charge >= 0.3 is 0 Å². The molecule has 2 aromatic heterocycles. The summed E-state index contributed by atoms with van der Waals surface area (Å²) < 4.78 is 18.7. The number of hydrogen-bond donors (Lipinski definition) is 1. The lowest BCUT2D eigenvalue weighted by Gasteiger charge is -2.12. The van der Waals surface area contributed by atoms with Gasteiger partial charge in [-0.3, -0.25) is 4.98 Å².